The van der Waals surface area contributed by atoms with Gasteiger partial charge in [-0.05, 0) is 0 Å². The Labute approximate surface area is 63.6 Å². The molecule has 6 nitrogen and oxygen atoms in total. The Hall–Kier alpha value is -1.98. The van der Waals surface area contributed by atoms with E-state index in [2.05, 4.69) is 20.0 Å². The van der Waals surface area contributed by atoms with Crippen LogP contribution in [0.25, 0.3) is 0 Å². The van der Waals surface area contributed by atoms with Crippen molar-refractivity contribution in [3.05, 3.63) is 21.8 Å². The summed E-state index contributed by atoms with van der Waals surface area (Å²) in [6.45, 7) is 0. The maximum Gasteiger partial charge on any atom is 0.327 e. The van der Waals surface area contributed by atoms with E-state index >= 15 is 0 Å². The summed E-state index contributed by atoms with van der Waals surface area (Å²) in [6.07, 6.45) is 0. The van der Waals surface area contributed by atoms with Gasteiger partial charge < -0.3 is 8.83 Å². The average molecular weight is 160 g/mol. The largest absolute Gasteiger partial charge is 0.402 e. The number of rotatable bonds is 0. The van der Waals surface area contributed by atoms with Crippen LogP contribution in [0.2, 0.25) is 0 Å². The zero-order valence-electron chi connectivity index (χ0n) is 5.61. The summed E-state index contributed by atoms with van der Waals surface area (Å²) in [7, 11) is 0. The first kappa shape index (κ1) is 4.81. The first-order valence-electron chi connectivity index (χ1n) is 3.36. The van der Waals surface area contributed by atoms with Crippen LogP contribution in [0, 0.1) is 10.7 Å². The van der Waals surface area contributed by atoms with Gasteiger partial charge in [-0.15, -0.1) is 0 Å². The summed E-state index contributed by atoms with van der Waals surface area (Å²) in [5, 5.41) is 1.27. The summed E-state index contributed by atoms with van der Waals surface area (Å²) in [5.41, 5.74) is 1.03. The number of oxazole rings is 2. The van der Waals surface area contributed by atoms with E-state index < -0.39 is 0 Å². The third-order valence-electron chi connectivity index (χ3n) is 1.81. The lowest BCUT2D eigenvalue weighted by Crippen LogP contribution is -2.06. The van der Waals surface area contributed by atoms with E-state index in [9.17, 15) is 0 Å². The van der Waals surface area contributed by atoms with Gasteiger partial charge in [-0.25, -0.2) is 0 Å². The Morgan fingerprint density at radius 2 is 1.17 bits per heavy atom. The molecule has 0 radical (unpaired) electrons. The van der Waals surface area contributed by atoms with Gasteiger partial charge in [0.25, 0.3) is 11.1 Å². The summed E-state index contributed by atoms with van der Waals surface area (Å²) in [4.78, 5) is 15.9. The fraction of sp³-hybridized carbons (Fsp3) is 0. The molecule has 12 heavy (non-hydrogen) atoms. The molecule has 0 saturated heterocycles. The molecule has 0 atom stereocenters. The number of hydrogen-bond donors (Lipinski definition) is 0. The van der Waals surface area contributed by atoms with Crippen molar-refractivity contribution in [2.75, 3.05) is 0 Å². The fourth-order valence-corrected chi connectivity index (χ4v) is 1.25. The number of aromatic nitrogens is 2. The number of hydrogen-bond acceptors (Lipinski definition) is 6. The lowest BCUT2D eigenvalue weighted by molar-refractivity contribution is 0.454. The molecular formula is C6N4O2. The van der Waals surface area contributed by atoms with Gasteiger partial charge in [0.2, 0.25) is 0 Å². The molecule has 2 aromatic rings. The number of fused-ring (bicyclic) bond motifs is 2. The molecule has 0 aliphatic carbocycles. The van der Waals surface area contributed by atoms with Gasteiger partial charge >= 0.3 is 12.0 Å². The van der Waals surface area contributed by atoms with Gasteiger partial charge in [-0.3, -0.25) is 0 Å². The molecule has 0 spiro atoms. The van der Waals surface area contributed by atoms with Gasteiger partial charge in [-0.1, -0.05) is 0 Å². The average Bonchev–Trinajstić information content (AvgIpc) is 2.56. The first-order chi connectivity index (χ1) is 5.90. The molecule has 0 N–H and O–H groups in total. The molecule has 6 heteroatoms. The monoisotopic (exact) mass is 160 g/mol. The molecule has 6 rings (SSSR count). The van der Waals surface area contributed by atoms with Crippen LogP contribution in [0.1, 0.15) is 0 Å². The summed E-state index contributed by atoms with van der Waals surface area (Å²) in [5.74, 6) is 0. The van der Waals surface area contributed by atoms with Crippen LogP contribution < -0.4 is 11.1 Å². The smallest absolute Gasteiger partial charge is 0.327 e. The lowest BCUT2D eigenvalue weighted by atomic mass is 10.6. The van der Waals surface area contributed by atoms with Crippen molar-refractivity contribution < 1.29 is 8.83 Å². The van der Waals surface area contributed by atoms with Gasteiger partial charge in [0.1, 0.15) is 0 Å². The van der Waals surface area contributed by atoms with E-state index in [1.165, 1.54) is 0 Å². The molecule has 0 aromatic carbocycles. The number of nitrogens with zero attached hydrogens (tertiary/aromatic N) is 4. The molecule has 4 bridgehead atoms. The molecule has 6 heterocycles. The van der Waals surface area contributed by atoms with E-state index in [4.69, 9.17) is 8.83 Å². The van der Waals surface area contributed by atoms with Crippen molar-refractivity contribution in [3.8, 4) is 0 Å². The van der Waals surface area contributed by atoms with E-state index in [-0.39, 0.29) is 0 Å². The minimum absolute atomic E-state index is 0.400. The standard InChI is InChI=1S/C6N4O2/c7-1(3-9-5(7)11-3)2-4-10-6(8-2)12-4. The first-order valence-corrected chi connectivity index (χ1v) is 3.36. The van der Waals surface area contributed by atoms with Crippen LogP contribution in [-0.4, -0.2) is 9.97 Å². The minimum Gasteiger partial charge on any atom is -0.402 e. The van der Waals surface area contributed by atoms with Crippen LogP contribution in [0.5, 0.6) is 0 Å². The van der Waals surface area contributed by atoms with E-state index in [1.807, 2.05) is 0 Å². The Balaban J connectivity index is 2.54. The van der Waals surface area contributed by atoms with E-state index in [0.29, 0.717) is 33.8 Å². The summed E-state index contributed by atoms with van der Waals surface area (Å²) in [6, 6.07) is 0.801. The molecule has 56 valence electrons. The molecule has 2 aromatic heterocycles. The normalized spacial score (nSPS) is 17.3. The van der Waals surface area contributed by atoms with E-state index in [1.54, 1.807) is 0 Å². The quantitative estimate of drug-likeness (QED) is 0.346. The van der Waals surface area contributed by atoms with Crippen LogP contribution in [-0.2, 0) is 0 Å². The maximum absolute atomic E-state index is 5.00. The SMILES string of the molecule is N1=c2oc1nc2=c1nc2oc1=N2. The van der Waals surface area contributed by atoms with Crippen molar-refractivity contribution in [1.29, 1.82) is 0 Å². The Bertz CT molecular complexity index is 646. The highest BCUT2D eigenvalue weighted by atomic mass is 16.4. The minimum atomic E-state index is 0.400. The predicted octanol–water partition coefficient (Wildman–Crippen LogP) is -0.521. The van der Waals surface area contributed by atoms with Crippen molar-refractivity contribution >= 4 is 12.0 Å². The zero-order valence-corrected chi connectivity index (χ0v) is 5.61. The van der Waals surface area contributed by atoms with Crippen LogP contribution in [0.15, 0.2) is 18.8 Å². The molecular weight excluding hydrogens is 160 g/mol. The zero-order chi connectivity index (χ0) is 7.71. The molecule has 4 aliphatic rings. The highest BCUT2D eigenvalue weighted by molar-refractivity contribution is 5.20. The second-order valence-electron chi connectivity index (χ2n) is 2.52. The maximum atomic E-state index is 5.00. The third-order valence-corrected chi connectivity index (χ3v) is 1.81. The van der Waals surface area contributed by atoms with Crippen LogP contribution in [0.4, 0.5) is 12.0 Å². The highest BCUT2D eigenvalue weighted by Crippen LogP contribution is 2.14. The molecule has 4 aliphatic heterocycles. The van der Waals surface area contributed by atoms with Gasteiger partial charge in [0, 0.05) is 0 Å². The lowest BCUT2D eigenvalue weighted by Gasteiger charge is -1.82. The third kappa shape index (κ3) is 0.341. The Morgan fingerprint density at radius 3 is 1.42 bits per heavy atom. The van der Waals surface area contributed by atoms with Crippen molar-refractivity contribution in [3.63, 3.8) is 0 Å². The molecule has 0 fully saturated rings. The van der Waals surface area contributed by atoms with Crippen molar-refractivity contribution in [2.45, 2.75) is 0 Å². The highest BCUT2D eigenvalue weighted by Gasteiger charge is 2.18. The second-order valence-corrected chi connectivity index (χ2v) is 2.52. The Morgan fingerprint density at radius 1 is 0.750 bits per heavy atom. The summed E-state index contributed by atoms with van der Waals surface area (Å²) >= 11 is 0. The van der Waals surface area contributed by atoms with Crippen LogP contribution in [0.3, 0.4) is 0 Å². The van der Waals surface area contributed by atoms with E-state index in [0.717, 1.165) is 0 Å². The molecule has 0 saturated carbocycles. The van der Waals surface area contributed by atoms with Gasteiger partial charge in [0.05, 0.1) is 0 Å². The van der Waals surface area contributed by atoms with Crippen LogP contribution >= 0.6 is 0 Å². The van der Waals surface area contributed by atoms with Crippen molar-refractivity contribution in [1.82, 2.24) is 9.97 Å². The van der Waals surface area contributed by atoms with Gasteiger partial charge in [-0.2, -0.15) is 20.0 Å². The second kappa shape index (κ2) is 1.20. The molecule has 0 unspecified atom stereocenters. The molecule has 0 amide bonds. The topological polar surface area (TPSA) is 76.8 Å². The fourth-order valence-electron chi connectivity index (χ4n) is 1.25. The van der Waals surface area contributed by atoms with Crippen molar-refractivity contribution in [2.24, 2.45) is 9.98 Å². The predicted molar refractivity (Wildman–Crippen MR) is 32.3 cm³/mol. The summed E-state index contributed by atoms with van der Waals surface area (Å²) < 4.78 is 10.0. The Kier molecular flexibility index (Phi) is 0.480. The van der Waals surface area contributed by atoms with Gasteiger partial charge in [0.15, 0.2) is 10.7 Å².